The Bertz CT molecular complexity index is 2670. The molecule has 0 saturated carbocycles. The molecule has 0 N–H and O–H groups in total. The predicted octanol–water partition coefficient (Wildman–Crippen LogP) is 16.0. The molecule has 4 heteroatoms. The molecule has 62 heavy (non-hydrogen) atoms. The zero-order valence-corrected chi connectivity index (χ0v) is 36.8. The van der Waals surface area contributed by atoms with Crippen molar-refractivity contribution in [2.24, 2.45) is 0 Å². The average Bonchev–Trinajstić information content (AvgIpc) is 3.29. The average molecular weight is 819 g/mol. The van der Waals surface area contributed by atoms with Gasteiger partial charge in [0.2, 0.25) is 0 Å². The van der Waals surface area contributed by atoms with Crippen molar-refractivity contribution in [2.45, 2.75) is 105 Å². The summed E-state index contributed by atoms with van der Waals surface area (Å²) in [4.78, 5) is 27.9. The van der Waals surface area contributed by atoms with Crippen molar-refractivity contribution in [1.82, 2.24) is 0 Å². The maximum Gasteiger partial charge on any atom is 0.343 e. The maximum atomic E-state index is 14.0. The topological polar surface area (TPSA) is 52.6 Å². The van der Waals surface area contributed by atoms with Crippen LogP contribution in [0.5, 0.6) is 11.5 Å². The Morgan fingerprint density at radius 3 is 1.13 bits per heavy atom. The molecule has 0 radical (unpaired) electrons. The van der Waals surface area contributed by atoms with E-state index in [1.807, 2.05) is 74.5 Å². The fourth-order valence-electron chi connectivity index (χ4n) is 8.99. The Balaban J connectivity index is 1.39. The van der Waals surface area contributed by atoms with Crippen molar-refractivity contribution in [2.75, 3.05) is 0 Å². The van der Waals surface area contributed by atoms with Crippen molar-refractivity contribution in [3.63, 3.8) is 0 Å². The highest BCUT2D eigenvalue weighted by Gasteiger charge is 2.25. The summed E-state index contributed by atoms with van der Waals surface area (Å²) in [7, 11) is 0. The van der Waals surface area contributed by atoms with Gasteiger partial charge in [-0.15, -0.1) is 0 Å². The van der Waals surface area contributed by atoms with E-state index < -0.39 is 0 Å². The molecule has 0 bridgehead atoms. The number of ether oxygens (including phenoxy) is 2. The number of fused-ring (bicyclic) bond motifs is 4. The van der Waals surface area contributed by atoms with E-state index in [4.69, 9.17) is 9.47 Å². The molecule has 0 atom stereocenters. The molecule has 8 rings (SSSR count). The monoisotopic (exact) mass is 818 g/mol. The van der Waals surface area contributed by atoms with Gasteiger partial charge in [0.05, 0.1) is 11.1 Å². The summed E-state index contributed by atoms with van der Waals surface area (Å²) >= 11 is 0. The zero-order chi connectivity index (χ0) is 43.0. The lowest BCUT2D eigenvalue weighted by Gasteiger charge is -2.22. The van der Waals surface area contributed by atoms with Crippen molar-refractivity contribution in [3.05, 3.63) is 167 Å². The van der Waals surface area contributed by atoms with Gasteiger partial charge in [-0.3, -0.25) is 0 Å². The molecule has 0 saturated heterocycles. The molecule has 0 unspecified atom stereocenters. The Kier molecular flexibility index (Phi) is 13.4. The first-order valence-electron chi connectivity index (χ1n) is 22.9. The zero-order valence-electron chi connectivity index (χ0n) is 36.8. The van der Waals surface area contributed by atoms with Gasteiger partial charge < -0.3 is 9.47 Å². The normalized spacial score (nSPS) is 11.5. The molecule has 0 aliphatic rings. The van der Waals surface area contributed by atoms with Crippen LogP contribution in [0.2, 0.25) is 0 Å². The Morgan fingerprint density at radius 1 is 0.387 bits per heavy atom. The standard InChI is InChI=1S/C58H58O4/c1-5-7-9-11-13-19-41-29-35-49-51(37-41)53(45-21-15-17-23-47(45)55(49)61-57(59)43-31-25-39(3)26-32-43)54-46-22-16-18-24-48(46)56(62-58(60)44-33-27-40(4)28-34-44)50-36-30-42(38-52(50)54)20-14-12-10-8-6-2/h15-18,21-38H,5-14,19-20H2,1-4H3. The smallest absolute Gasteiger partial charge is 0.343 e. The molecule has 0 aliphatic heterocycles. The molecule has 0 aliphatic carbocycles. The minimum atomic E-state index is -0.386. The fourth-order valence-corrected chi connectivity index (χ4v) is 8.99. The number of aryl methyl sites for hydroxylation is 4. The summed E-state index contributed by atoms with van der Waals surface area (Å²) in [6.07, 6.45) is 13.9. The number of hydrogen-bond donors (Lipinski definition) is 0. The number of unbranched alkanes of at least 4 members (excludes halogenated alkanes) is 8. The molecule has 4 nitrogen and oxygen atoms in total. The summed E-state index contributed by atoms with van der Waals surface area (Å²) < 4.78 is 13.0. The molecule has 314 valence electrons. The summed E-state index contributed by atoms with van der Waals surface area (Å²) in [5, 5.41) is 7.54. The Hall–Kier alpha value is -6.26. The number of hydrogen-bond acceptors (Lipinski definition) is 4. The van der Waals surface area contributed by atoms with E-state index in [-0.39, 0.29) is 11.9 Å². The van der Waals surface area contributed by atoms with Crippen LogP contribution < -0.4 is 9.47 Å². The van der Waals surface area contributed by atoms with E-state index in [0.29, 0.717) is 22.6 Å². The van der Waals surface area contributed by atoms with Gasteiger partial charge in [0.15, 0.2) is 0 Å². The molecular formula is C58H58O4. The van der Waals surface area contributed by atoms with E-state index in [2.05, 4.69) is 86.6 Å². The largest absolute Gasteiger partial charge is 0.422 e. The van der Waals surface area contributed by atoms with E-state index in [1.165, 1.54) is 62.5 Å². The summed E-state index contributed by atoms with van der Waals surface area (Å²) in [6.45, 7) is 8.54. The second-order valence-corrected chi connectivity index (χ2v) is 17.1. The van der Waals surface area contributed by atoms with Crippen LogP contribution in [0.1, 0.15) is 121 Å². The van der Waals surface area contributed by atoms with E-state index in [0.717, 1.165) is 91.0 Å². The number of carbonyl (C=O) groups is 2. The van der Waals surface area contributed by atoms with E-state index in [1.54, 1.807) is 0 Å². The summed E-state index contributed by atoms with van der Waals surface area (Å²) in [5.41, 5.74) is 7.86. The van der Waals surface area contributed by atoms with Gasteiger partial charge in [-0.25, -0.2) is 9.59 Å². The highest BCUT2D eigenvalue weighted by atomic mass is 16.5. The number of benzene rings is 8. The van der Waals surface area contributed by atoms with Crippen molar-refractivity contribution in [3.8, 4) is 22.6 Å². The molecule has 8 aromatic carbocycles. The first-order valence-corrected chi connectivity index (χ1v) is 22.9. The van der Waals surface area contributed by atoms with Crippen LogP contribution in [0.3, 0.4) is 0 Å². The van der Waals surface area contributed by atoms with Gasteiger partial charge >= 0.3 is 11.9 Å². The van der Waals surface area contributed by atoms with Crippen molar-refractivity contribution in [1.29, 1.82) is 0 Å². The minimum absolute atomic E-state index is 0.386. The van der Waals surface area contributed by atoms with E-state index >= 15 is 0 Å². The van der Waals surface area contributed by atoms with Crippen LogP contribution in [0.25, 0.3) is 54.2 Å². The fraction of sp³-hybridized carbons (Fsp3) is 0.276. The highest BCUT2D eigenvalue weighted by molar-refractivity contribution is 6.27. The third-order valence-electron chi connectivity index (χ3n) is 12.4. The van der Waals surface area contributed by atoms with Crippen LogP contribution >= 0.6 is 0 Å². The summed E-state index contributed by atoms with van der Waals surface area (Å²) in [5.74, 6) is 0.348. The van der Waals surface area contributed by atoms with Crippen LogP contribution in [0.15, 0.2) is 133 Å². The third-order valence-corrected chi connectivity index (χ3v) is 12.4. The third kappa shape index (κ3) is 9.16. The number of esters is 2. The molecule has 8 aromatic rings. The van der Waals surface area contributed by atoms with Crippen molar-refractivity contribution < 1.29 is 19.1 Å². The predicted molar refractivity (Wildman–Crippen MR) is 259 cm³/mol. The van der Waals surface area contributed by atoms with Gasteiger partial charge in [0.1, 0.15) is 11.5 Å². The SMILES string of the molecule is CCCCCCCc1ccc2c(OC(=O)c3ccc(C)cc3)c3ccccc3c(-c3c4ccccc4c(OC(=O)c4ccc(C)cc4)c4ccc(CCCCCCC)cc34)c2c1. The highest BCUT2D eigenvalue weighted by Crippen LogP contribution is 2.50. The van der Waals surface area contributed by atoms with Crippen LogP contribution in [0.4, 0.5) is 0 Å². The van der Waals surface area contributed by atoms with E-state index in [9.17, 15) is 9.59 Å². The quantitative estimate of drug-likeness (QED) is 0.0397. The van der Waals surface area contributed by atoms with Crippen LogP contribution in [0, 0.1) is 13.8 Å². The van der Waals surface area contributed by atoms with Gasteiger partial charge in [-0.2, -0.15) is 0 Å². The molecule has 0 aromatic heterocycles. The van der Waals surface area contributed by atoms with Crippen LogP contribution in [-0.2, 0) is 12.8 Å². The summed E-state index contributed by atoms with van der Waals surface area (Å²) in [6, 6.07) is 45.2. The van der Waals surface area contributed by atoms with Gasteiger partial charge in [-0.05, 0) is 108 Å². The Morgan fingerprint density at radius 2 is 0.742 bits per heavy atom. The van der Waals surface area contributed by atoms with Gasteiger partial charge in [0.25, 0.3) is 0 Å². The second-order valence-electron chi connectivity index (χ2n) is 17.1. The Labute approximate surface area is 366 Å². The first-order chi connectivity index (χ1) is 30.3. The molecular weight excluding hydrogens is 761 g/mol. The van der Waals surface area contributed by atoms with Gasteiger partial charge in [-0.1, -0.05) is 186 Å². The number of carbonyl (C=O) groups excluding carboxylic acids is 2. The molecule has 0 fully saturated rings. The van der Waals surface area contributed by atoms with Gasteiger partial charge in [0, 0.05) is 21.5 Å². The lowest BCUT2D eigenvalue weighted by atomic mass is 9.84. The van der Waals surface area contributed by atoms with Crippen molar-refractivity contribution >= 4 is 55.0 Å². The molecule has 0 spiro atoms. The minimum Gasteiger partial charge on any atom is -0.422 e. The first kappa shape index (κ1) is 42.4. The molecule has 0 amide bonds. The maximum absolute atomic E-state index is 14.0. The lowest BCUT2D eigenvalue weighted by Crippen LogP contribution is -2.10. The second kappa shape index (κ2) is 19.6. The lowest BCUT2D eigenvalue weighted by molar-refractivity contribution is 0.0730. The van der Waals surface area contributed by atoms with Crippen LogP contribution in [-0.4, -0.2) is 11.9 Å². The molecule has 0 heterocycles. The number of rotatable bonds is 17.